The van der Waals surface area contributed by atoms with Crippen LogP contribution in [0.15, 0.2) is 71.3 Å². The second-order valence-electron chi connectivity index (χ2n) is 5.71. The van der Waals surface area contributed by atoms with Crippen LogP contribution in [0.3, 0.4) is 0 Å². The molecule has 1 aliphatic heterocycles. The summed E-state index contributed by atoms with van der Waals surface area (Å²) in [5.41, 5.74) is 3.07. The van der Waals surface area contributed by atoms with E-state index in [1.54, 1.807) is 29.1 Å². The molecule has 1 aliphatic rings. The average Bonchev–Trinajstić information content (AvgIpc) is 3.28. The van der Waals surface area contributed by atoms with Crippen molar-refractivity contribution in [2.75, 3.05) is 6.54 Å². The molecule has 0 N–H and O–H groups in total. The molecular weight excluding hydrogens is 334 g/mol. The monoisotopic (exact) mass is 352 g/mol. The fourth-order valence-electron chi connectivity index (χ4n) is 2.57. The molecule has 0 fully saturated rings. The summed E-state index contributed by atoms with van der Waals surface area (Å²) in [5.74, 6) is -1.74. The summed E-state index contributed by atoms with van der Waals surface area (Å²) in [6, 6.07) is 5.98. The van der Waals surface area contributed by atoms with Gasteiger partial charge in [-0.25, -0.2) is 8.78 Å². The molecule has 1 aromatic heterocycles. The molecule has 2 heterocycles. The third-order valence-electron chi connectivity index (χ3n) is 3.90. The number of aliphatic imine (C=N–C) groups is 2. The van der Waals surface area contributed by atoms with E-state index in [4.69, 9.17) is 0 Å². The number of aromatic nitrogens is 2. The van der Waals surface area contributed by atoms with Gasteiger partial charge in [0.05, 0.1) is 30.2 Å². The lowest BCUT2D eigenvalue weighted by Crippen LogP contribution is -2.12. The molecule has 0 saturated carbocycles. The smallest absolute Gasteiger partial charge is 0.163 e. The summed E-state index contributed by atoms with van der Waals surface area (Å²) >= 11 is 0. The van der Waals surface area contributed by atoms with Crippen LogP contribution in [0.2, 0.25) is 0 Å². The van der Waals surface area contributed by atoms with E-state index in [0.29, 0.717) is 18.0 Å². The van der Waals surface area contributed by atoms with Crippen LogP contribution >= 0.6 is 0 Å². The fourth-order valence-corrected chi connectivity index (χ4v) is 2.57. The summed E-state index contributed by atoms with van der Waals surface area (Å²) in [6.07, 6.45) is 8.80. The third kappa shape index (κ3) is 3.74. The maximum absolute atomic E-state index is 14.1. The van der Waals surface area contributed by atoms with Gasteiger partial charge in [0.1, 0.15) is 5.69 Å². The van der Waals surface area contributed by atoms with Crippen LogP contribution in [-0.2, 0) is 6.54 Å². The highest BCUT2D eigenvalue weighted by molar-refractivity contribution is 6.10. The van der Waals surface area contributed by atoms with Crippen molar-refractivity contribution in [2.45, 2.75) is 13.5 Å². The van der Waals surface area contributed by atoms with Crippen LogP contribution in [0.4, 0.5) is 8.78 Å². The van der Waals surface area contributed by atoms with E-state index in [1.807, 2.05) is 25.1 Å². The number of rotatable bonds is 6. The Morgan fingerprint density at radius 3 is 2.96 bits per heavy atom. The van der Waals surface area contributed by atoms with Crippen molar-refractivity contribution in [1.82, 2.24) is 9.78 Å². The van der Waals surface area contributed by atoms with Crippen molar-refractivity contribution in [1.29, 1.82) is 0 Å². The zero-order chi connectivity index (χ0) is 18.5. The molecule has 3 rings (SSSR count). The van der Waals surface area contributed by atoms with E-state index in [0.717, 1.165) is 17.5 Å². The minimum absolute atomic E-state index is 0.0988. The highest BCUT2D eigenvalue weighted by Crippen LogP contribution is 2.17. The summed E-state index contributed by atoms with van der Waals surface area (Å²) < 4.78 is 29.2. The Morgan fingerprint density at radius 1 is 1.38 bits per heavy atom. The number of halogens is 2. The Hall–Kier alpha value is -3.15. The Morgan fingerprint density at radius 2 is 2.23 bits per heavy atom. The van der Waals surface area contributed by atoms with Crippen molar-refractivity contribution < 1.29 is 8.78 Å². The van der Waals surface area contributed by atoms with Crippen LogP contribution in [0, 0.1) is 11.6 Å². The number of hydrogen-bond acceptors (Lipinski definition) is 3. The molecule has 0 radical (unpaired) electrons. The molecule has 0 spiro atoms. The van der Waals surface area contributed by atoms with Crippen molar-refractivity contribution in [3.8, 4) is 0 Å². The molecule has 0 unspecified atom stereocenters. The molecule has 0 atom stereocenters. The molecule has 132 valence electrons. The number of allylic oxidation sites excluding steroid dienone is 3. The maximum Gasteiger partial charge on any atom is 0.163 e. The number of nitrogens with zero attached hydrogens (tertiary/aromatic N) is 4. The lowest BCUT2D eigenvalue weighted by atomic mass is 10.2. The second-order valence-corrected chi connectivity index (χ2v) is 5.71. The molecular formula is C20H18F2N4. The Balaban J connectivity index is 2.01. The first-order valence-electron chi connectivity index (χ1n) is 8.14. The van der Waals surface area contributed by atoms with Gasteiger partial charge in [-0.05, 0) is 31.2 Å². The molecule has 2 aromatic rings. The Kier molecular flexibility index (Phi) is 5.31. The maximum atomic E-state index is 14.1. The molecule has 6 heteroatoms. The molecule has 4 nitrogen and oxygen atoms in total. The summed E-state index contributed by atoms with van der Waals surface area (Å²) in [6.45, 7) is 6.13. The topological polar surface area (TPSA) is 42.5 Å². The predicted octanol–water partition coefficient (Wildman–Crippen LogP) is 4.08. The summed E-state index contributed by atoms with van der Waals surface area (Å²) in [4.78, 5) is 8.71. The first kappa shape index (κ1) is 17.7. The van der Waals surface area contributed by atoms with E-state index >= 15 is 0 Å². The van der Waals surface area contributed by atoms with Crippen LogP contribution in [0.1, 0.15) is 23.9 Å². The van der Waals surface area contributed by atoms with Crippen molar-refractivity contribution >= 4 is 11.4 Å². The largest absolute Gasteiger partial charge is 0.279 e. The van der Waals surface area contributed by atoms with Gasteiger partial charge < -0.3 is 0 Å². The first-order chi connectivity index (χ1) is 12.6. The zero-order valence-electron chi connectivity index (χ0n) is 14.4. The van der Waals surface area contributed by atoms with E-state index in [-0.39, 0.29) is 12.1 Å². The van der Waals surface area contributed by atoms with Crippen LogP contribution in [0.5, 0.6) is 0 Å². The molecule has 0 saturated heterocycles. The van der Waals surface area contributed by atoms with Gasteiger partial charge in [-0.3, -0.25) is 14.7 Å². The number of benzene rings is 1. The minimum Gasteiger partial charge on any atom is -0.279 e. The Bertz CT molecular complexity index is 949. The van der Waals surface area contributed by atoms with Gasteiger partial charge >= 0.3 is 0 Å². The highest BCUT2D eigenvalue weighted by Gasteiger charge is 2.17. The molecule has 0 bridgehead atoms. The molecule has 1 aromatic carbocycles. The molecule has 26 heavy (non-hydrogen) atoms. The van der Waals surface area contributed by atoms with Gasteiger partial charge in [0.2, 0.25) is 0 Å². The quantitative estimate of drug-likeness (QED) is 0.571. The predicted molar refractivity (Wildman–Crippen MR) is 99.8 cm³/mol. The highest BCUT2D eigenvalue weighted by atomic mass is 19.2. The van der Waals surface area contributed by atoms with Gasteiger partial charge in [-0.2, -0.15) is 5.10 Å². The van der Waals surface area contributed by atoms with Crippen LogP contribution < -0.4 is 0 Å². The van der Waals surface area contributed by atoms with Crippen LogP contribution in [0.25, 0.3) is 0 Å². The SMILES string of the molecule is C=C/C=C\N=C(C)c1cc(C2=NCC=C2)n(Cc2cccc(F)c2F)n1. The molecule has 0 aliphatic carbocycles. The van der Waals surface area contributed by atoms with E-state index < -0.39 is 11.6 Å². The first-order valence-corrected chi connectivity index (χ1v) is 8.14. The average molecular weight is 352 g/mol. The van der Waals surface area contributed by atoms with E-state index in [9.17, 15) is 8.78 Å². The van der Waals surface area contributed by atoms with Gasteiger partial charge in [-0.15, -0.1) is 0 Å². The van der Waals surface area contributed by atoms with Crippen molar-refractivity contribution in [2.24, 2.45) is 9.98 Å². The van der Waals surface area contributed by atoms with Gasteiger partial charge in [0.15, 0.2) is 11.6 Å². The second kappa shape index (κ2) is 7.82. The molecule has 0 amide bonds. The zero-order valence-corrected chi connectivity index (χ0v) is 14.4. The van der Waals surface area contributed by atoms with Gasteiger partial charge in [0.25, 0.3) is 0 Å². The van der Waals surface area contributed by atoms with Gasteiger partial charge in [-0.1, -0.05) is 30.9 Å². The summed E-state index contributed by atoms with van der Waals surface area (Å²) in [5, 5.41) is 4.52. The summed E-state index contributed by atoms with van der Waals surface area (Å²) in [7, 11) is 0. The van der Waals surface area contributed by atoms with Gasteiger partial charge in [0, 0.05) is 11.8 Å². The van der Waals surface area contributed by atoms with E-state index in [1.165, 1.54) is 6.07 Å². The lowest BCUT2D eigenvalue weighted by molar-refractivity contribution is 0.491. The lowest BCUT2D eigenvalue weighted by Gasteiger charge is -2.08. The number of hydrogen-bond donors (Lipinski definition) is 0. The van der Waals surface area contributed by atoms with Crippen molar-refractivity contribution in [3.63, 3.8) is 0 Å². The Labute approximate surface area is 150 Å². The van der Waals surface area contributed by atoms with E-state index in [2.05, 4.69) is 21.7 Å². The van der Waals surface area contributed by atoms with Crippen molar-refractivity contribution in [3.05, 3.63) is 89.9 Å². The normalized spacial score (nSPS) is 14.3. The van der Waals surface area contributed by atoms with Crippen LogP contribution in [-0.4, -0.2) is 27.7 Å². The standard InChI is InChI=1S/C20H18F2N4/c1-3-4-10-23-14(2)18-12-19(17-9-6-11-24-17)26(25-18)13-15-7-5-8-16(21)20(15)22/h3-10,12H,1,11,13H2,2H3/b10-4-,23-14?. The fraction of sp³-hybridized carbons (Fsp3) is 0.150. The third-order valence-corrected chi connectivity index (χ3v) is 3.90. The minimum atomic E-state index is -0.873.